The van der Waals surface area contributed by atoms with Crippen LogP contribution < -0.4 is 4.74 Å². The number of rotatable bonds is 8. The largest absolute Gasteiger partial charge is 0.493 e. The quantitative estimate of drug-likeness (QED) is 0.507. The lowest BCUT2D eigenvalue weighted by atomic mass is 10.0. The van der Waals surface area contributed by atoms with E-state index >= 15 is 0 Å². The van der Waals surface area contributed by atoms with E-state index in [0.29, 0.717) is 12.3 Å². The Bertz CT molecular complexity index is 369. The van der Waals surface area contributed by atoms with Crippen molar-refractivity contribution in [2.75, 3.05) is 6.61 Å². The Morgan fingerprint density at radius 2 is 2.00 bits per heavy atom. The number of unbranched alkanes of at least 4 members (excludes halogenated alkanes) is 3. The van der Waals surface area contributed by atoms with E-state index in [1.165, 1.54) is 11.1 Å². The molecule has 0 amide bonds. The van der Waals surface area contributed by atoms with E-state index in [4.69, 9.17) is 4.74 Å². The van der Waals surface area contributed by atoms with Gasteiger partial charge in [-0.2, -0.15) is 0 Å². The molecule has 0 saturated carbocycles. The number of aldehydes is 1. The fourth-order valence-corrected chi connectivity index (χ4v) is 1.82. The topological polar surface area (TPSA) is 26.3 Å². The summed E-state index contributed by atoms with van der Waals surface area (Å²) < 4.78 is 5.82. The molecule has 0 spiro atoms. The average molecular weight is 248 g/mol. The van der Waals surface area contributed by atoms with Gasteiger partial charge in [0.2, 0.25) is 0 Å². The van der Waals surface area contributed by atoms with E-state index in [1.54, 1.807) is 0 Å². The Labute approximate surface area is 110 Å². The molecule has 0 bridgehead atoms. The van der Waals surface area contributed by atoms with Crippen molar-refractivity contribution in [1.82, 2.24) is 0 Å². The van der Waals surface area contributed by atoms with Gasteiger partial charge in [0.05, 0.1) is 6.61 Å². The molecule has 0 aromatic heterocycles. The molecule has 2 heteroatoms. The highest BCUT2D eigenvalue weighted by atomic mass is 16.5. The third-order valence-electron chi connectivity index (χ3n) is 3.10. The number of carbonyl (C=O) groups is 1. The van der Waals surface area contributed by atoms with Crippen LogP contribution in [0.15, 0.2) is 18.2 Å². The normalized spacial score (nSPS) is 10.7. The monoisotopic (exact) mass is 248 g/mol. The van der Waals surface area contributed by atoms with Gasteiger partial charge < -0.3 is 9.53 Å². The molecule has 0 unspecified atom stereocenters. The van der Waals surface area contributed by atoms with Gasteiger partial charge >= 0.3 is 0 Å². The highest BCUT2D eigenvalue weighted by Crippen LogP contribution is 2.24. The van der Waals surface area contributed by atoms with Crippen LogP contribution in [-0.2, 0) is 4.79 Å². The number of carbonyl (C=O) groups excluding carboxylic acids is 1. The van der Waals surface area contributed by atoms with Gasteiger partial charge in [0.25, 0.3) is 0 Å². The first-order valence-electron chi connectivity index (χ1n) is 6.82. The van der Waals surface area contributed by atoms with Crippen molar-refractivity contribution in [3.05, 3.63) is 29.3 Å². The van der Waals surface area contributed by atoms with Crippen LogP contribution >= 0.6 is 0 Å². The zero-order chi connectivity index (χ0) is 13.4. The summed E-state index contributed by atoms with van der Waals surface area (Å²) in [6, 6.07) is 6.43. The molecule has 0 aliphatic rings. The summed E-state index contributed by atoms with van der Waals surface area (Å²) >= 11 is 0. The molecule has 1 aromatic carbocycles. The average Bonchev–Trinajstić information content (AvgIpc) is 2.35. The fourth-order valence-electron chi connectivity index (χ4n) is 1.82. The Morgan fingerprint density at radius 3 is 2.67 bits per heavy atom. The summed E-state index contributed by atoms with van der Waals surface area (Å²) in [6.07, 6.45) is 4.69. The molecule has 0 atom stereocenters. The number of hydrogen-bond acceptors (Lipinski definition) is 2. The molecule has 18 heavy (non-hydrogen) atoms. The standard InChI is InChI=1S/C16H24O2/c1-13(2)15-9-8-14(3)16(12-15)18-11-7-5-4-6-10-17/h8-10,12-13H,4-7,11H2,1-3H3. The zero-order valence-corrected chi connectivity index (χ0v) is 11.7. The Balaban J connectivity index is 2.41. The second kappa shape index (κ2) is 7.91. The van der Waals surface area contributed by atoms with Gasteiger partial charge in [0.15, 0.2) is 0 Å². The molecule has 0 N–H and O–H groups in total. The molecule has 0 aliphatic carbocycles. The number of benzene rings is 1. The molecule has 0 heterocycles. The van der Waals surface area contributed by atoms with Gasteiger partial charge in [-0.1, -0.05) is 26.0 Å². The minimum Gasteiger partial charge on any atom is -0.493 e. The Morgan fingerprint density at radius 1 is 1.22 bits per heavy atom. The summed E-state index contributed by atoms with van der Waals surface area (Å²) in [7, 11) is 0. The van der Waals surface area contributed by atoms with Crippen molar-refractivity contribution in [3.63, 3.8) is 0 Å². The lowest BCUT2D eigenvalue weighted by Crippen LogP contribution is -2.00. The van der Waals surface area contributed by atoms with Crippen molar-refractivity contribution in [1.29, 1.82) is 0 Å². The van der Waals surface area contributed by atoms with Gasteiger partial charge in [-0.15, -0.1) is 0 Å². The second-order valence-electron chi connectivity index (χ2n) is 5.04. The first-order chi connectivity index (χ1) is 8.65. The highest BCUT2D eigenvalue weighted by molar-refractivity contribution is 5.48. The minimum absolute atomic E-state index is 0.528. The van der Waals surface area contributed by atoms with Gasteiger partial charge in [0, 0.05) is 6.42 Å². The van der Waals surface area contributed by atoms with Crippen LogP contribution in [0.25, 0.3) is 0 Å². The summed E-state index contributed by atoms with van der Waals surface area (Å²) in [5.41, 5.74) is 2.50. The third kappa shape index (κ3) is 4.91. The summed E-state index contributed by atoms with van der Waals surface area (Å²) in [6.45, 7) is 7.19. The molecular formula is C16H24O2. The molecule has 1 rings (SSSR count). The van der Waals surface area contributed by atoms with Crippen molar-refractivity contribution in [2.24, 2.45) is 0 Å². The molecule has 0 fully saturated rings. The van der Waals surface area contributed by atoms with Crippen LogP contribution in [0.4, 0.5) is 0 Å². The van der Waals surface area contributed by atoms with E-state index < -0.39 is 0 Å². The molecule has 100 valence electrons. The van der Waals surface area contributed by atoms with Gasteiger partial charge in [0.1, 0.15) is 12.0 Å². The van der Waals surface area contributed by atoms with Crippen LogP contribution in [0, 0.1) is 6.92 Å². The van der Waals surface area contributed by atoms with Gasteiger partial charge in [-0.05, 0) is 49.3 Å². The van der Waals surface area contributed by atoms with E-state index in [0.717, 1.165) is 37.9 Å². The van der Waals surface area contributed by atoms with Gasteiger partial charge in [-0.25, -0.2) is 0 Å². The Hall–Kier alpha value is -1.31. The van der Waals surface area contributed by atoms with Crippen LogP contribution in [0.5, 0.6) is 5.75 Å². The van der Waals surface area contributed by atoms with Crippen LogP contribution in [0.3, 0.4) is 0 Å². The number of aryl methyl sites for hydroxylation is 1. The van der Waals surface area contributed by atoms with E-state index in [9.17, 15) is 4.79 Å². The van der Waals surface area contributed by atoms with Crippen LogP contribution in [-0.4, -0.2) is 12.9 Å². The fraction of sp³-hybridized carbons (Fsp3) is 0.562. The smallest absolute Gasteiger partial charge is 0.122 e. The number of ether oxygens (including phenoxy) is 1. The molecular weight excluding hydrogens is 224 g/mol. The SMILES string of the molecule is Cc1ccc(C(C)C)cc1OCCCCCC=O. The second-order valence-corrected chi connectivity index (χ2v) is 5.04. The lowest BCUT2D eigenvalue weighted by Gasteiger charge is -2.12. The minimum atomic E-state index is 0.528. The molecule has 2 nitrogen and oxygen atoms in total. The summed E-state index contributed by atoms with van der Waals surface area (Å²) in [5.74, 6) is 1.53. The zero-order valence-electron chi connectivity index (χ0n) is 11.7. The molecule has 0 radical (unpaired) electrons. The van der Waals surface area contributed by atoms with Crippen molar-refractivity contribution in [3.8, 4) is 5.75 Å². The molecule has 0 saturated heterocycles. The molecule has 1 aromatic rings. The third-order valence-corrected chi connectivity index (χ3v) is 3.10. The summed E-state index contributed by atoms with van der Waals surface area (Å²) in [5, 5.41) is 0. The maximum atomic E-state index is 10.2. The molecule has 0 aliphatic heterocycles. The maximum Gasteiger partial charge on any atom is 0.122 e. The Kier molecular flexibility index (Phi) is 6.48. The first-order valence-corrected chi connectivity index (χ1v) is 6.82. The predicted molar refractivity (Wildman–Crippen MR) is 75.3 cm³/mol. The number of hydrogen-bond donors (Lipinski definition) is 0. The van der Waals surface area contributed by atoms with Crippen LogP contribution in [0.2, 0.25) is 0 Å². The van der Waals surface area contributed by atoms with E-state index in [1.807, 2.05) is 0 Å². The van der Waals surface area contributed by atoms with Crippen LogP contribution in [0.1, 0.15) is 56.6 Å². The van der Waals surface area contributed by atoms with E-state index in [-0.39, 0.29) is 0 Å². The van der Waals surface area contributed by atoms with Crippen molar-refractivity contribution in [2.45, 2.75) is 52.4 Å². The summed E-state index contributed by atoms with van der Waals surface area (Å²) in [4.78, 5) is 10.2. The lowest BCUT2D eigenvalue weighted by molar-refractivity contribution is -0.107. The highest BCUT2D eigenvalue weighted by Gasteiger charge is 2.04. The maximum absolute atomic E-state index is 10.2. The first kappa shape index (κ1) is 14.7. The van der Waals surface area contributed by atoms with E-state index in [2.05, 4.69) is 39.0 Å². The predicted octanol–water partition coefficient (Wildman–Crippen LogP) is 4.26. The van der Waals surface area contributed by atoms with Crippen molar-refractivity contribution >= 4 is 6.29 Å². The van der Waals surface area contributed by atoms with Gasteiger partial charge in [-0.3, -0.25) is 0 Å². The van der Waals surface area contributed by atoms with Crippen molar-refractivity contribution < 1.29 is 9.53 Å².